The smallest absolute Gasteiger partial charge is 0.257 e. The van der Waals surface area contributed by atoms with E-state index < -0.39 is 0 Å². The SMILES string of the molecule is O=C(CSc1nc2ccccc2o1)N1CCN(c2ccc(-n3ccnc3)nn2)CC1. The number of rotatable bonds is 5. The fourth-order valence-corrected chi connectivity index (χ4v) is 4.07. The average Bonchev–Trinajstić information content (AvgIpc) is 3.47. The maximum absolute atomic E-state index is 12.6. The lowest BCUT2D eigenvalue weighted by Crippen LogP contribution is -2.49. The van der Waals surface area contributed by atoms with E-state index in [1.165, 1.54) is 11.8 Å². The molecule has 10 heteroatoms. The van der Waals surface area contributed by atoms with Crippen molar-refractivity contribution in [2.75, 3.05) is 36.8 Å². The molecule has 1 fully saturated rings. The quantitative estimate of drug-likeness (QED) is 0.453. The number of aromatic nitrogens is 5. The molecule has 4 aromatic rings. The number of amides is 1. The molecule has 1 saturated heterocycles. The van der Waals surface area contributed by atoms with Gasteiger partial charge >= 0.3 is 0 Å². The van der Waals surface area contributed by atoms with Gasteiger partial charge in [0, 0.05) is 38.6 Å². The first-order valence-electron chi connectivity index (χ1n) is 9.59. The molecule has 0 saturated carbocycles. The second-order valence-corrected chi connectivity index (χ2v) is 7.75. The number of piperazine rings is 1. The molecule has 3 aromatic heterocycles. The van der Waals surface area contributed by atoms with Crippen LogP contribution in [-0.2, 0) is 4.79 Å². The number of hydrogen-bond acceptors (Lipinski definition) is 8. The number of thioether (sulfide) groups is 1. The van der Waals surface area contributed by atoms with Gasteiger partial charge in [0.05, 0.1) is 5.75 Å². The van der Waals surface area contributed by atoms with Crippen LogP contribution in [0.15, 0.2) is 64.8 Å². The van der Waals surface area contributed by atoms with Crippen molar-refractivity contribution in [3.63, 3.8) is 0 Å². The van der Waals surface area contributed by atoms with Gasteiger partial charge in [0.1, 0.15) is 11.8 Å². The van der Waals surface area contributed by atoms with Gasteiger partial charge in [-0.05, 0) is 24.3 Å². The topological polar surface area (TPSA) is 93.2 Å². The molecule has 1 amide bonds. The van der Waals surface area contributed by atoms with Crippen molar-refractivity contribution in [3.8, 4) is 5.82 Å². The van der Waals surface area contributed by atoms with Gasteiger partial charge in [0.2, 0.25) is 5.91 Å². The minimum Gasteiger partial charge on any atom is -0.431 e. The molecule has 0 N–H and O–H groups in total. The van der Waals surface area contributed by atoms with Crippen molar-refractivity contribution < 1.29 is 9.21 Å². The first kappa shape index (κ1) is 18.6. The highest BCUT2D eigenvalue weighted by Crippen LogP contribution is 2.23. The van der Waals surface area contributed by atoms with Crippen molar-refractivity contribution >= 4 is 34.6 Å². The van der Waals surface area contributed by atoms with Crippen molar-refractivity contribution in [2.24, 2.45) is 0 Å². The molecule has 1 aromatic carbocycles. The van der Waals surface area contributed by atoms with E-state index in [9.17, 15) is 4.79 Å². The van der Waals surface area contributed by atoms with Crippen LogP contribution in [0.25, 0.3) is 16.9 Å². The van der Waals surface area contributed by atoms with Gasteiger partial charge in [0.15, 0.2) is 17.2 Å². The summed E-state index contributed by atoms with van der Waals surface area (Å²) in [5.41, 5.74) is 1.54. The van der Waals surface area contributed by atoms with Crippen LogP contribution in [0, 0.1) is 0 Å². The highest BCUT2D eigenvalue weighted by Gasteiger charge is 2.22. The molecule has 1 aliphatic heterocycles. The van der Waals surface area contributed by atoms with Crippen LogP contribution in [0.1, 0.15) is 0 Å². The molecule has 152 valence electrons. The molecule has 9 nitrogen and oxygen atoms in total. The Kier molecular flexibility index (Phi) is 5.06. The number of hydrogen-bond donors (Lipinski definition) is 0. The summed E-state index contributed by atoms with van der Waals surface area (Å²) >= 11 is 1.33. The number of oxazole rings is 1. The van der Waals surface area contributed by atoms with Crippen molar-refractivity contribution in [1.29, 1.82) is 0 Å². The van der Waals surface area contributed by atoms with Gasteiger partial charge in [-0.15, -0.1) is 10.2 Å². The van der Waals surface area contributed by atoms with Gasteiger partial charge < -0.3 is 14.2 Å². The number of benzene rings is 1. The monoisotopic (exact) mass is 421 g/mol. The molecule has 30 heavy (non-hydrogen) atoms. The molecule has 4 heterocycles. The van der Waals surface area contributed by atoms with E-state index in [4.69, 9.17) is 4.42 Å². The Morgan fingerprint density at radius 2 is 1.83 bits per heavy atom. The predicted octanol–water partition coefficient (Wildman–Crippen LogP) is 2.24. The molecule has 0 atom stereocenters. The van der Waals surface area contributed by atoms with E-state index in [0.717, 1.165) is 35.8 Å². The summed E-state index contributed by atoms with van der Waals surface area (Å²) in [6.07, 6.45) is 5.22. The van der Waals surface area contributed by atoms with Crippen LogP contribution in [-0.4, -0.2) is 67.5 Å². The van der Waals surface area contributed by atoms with Crippen LogP contribution >= 0.6 is 11.8 Å². The van der Waals surface area contributed by atoms with Crippen LogP contribution in [0.3, 0.4) is 0 Å². The number of imidazole rings is 1. The normalized spacial score (nSPS) is 14.4. The maximum Gasteiger partial charge on any atom is 0.257 e. The van der Waals surface area contributed by atoms with Crippen LogP contribution in [0.2, 0.25) is 0 Å². The number of para-hydroxylation sites is 2. The van der Waals surface area contributed by atoms with E-state index in [2.05, 4.69) is 25.1 Å². The summed E-state index contributed by atoms with van der Waals surface area (Å²) in [6.45, 7) is 2.74. The largest absolute Gasteiger partial charge is 0.431 e. The summed E-state index contributed by atoms with van der Waals surface area (Å²) < 4.78 is 7.48. The average molecular weight is 421 g/mol. The van der Waals surface area contributed by atoms with E-state index in [-0.39, 0.29) is 5.91 Å². The predicted molar refractivity (Wildman–Crippen MR) is 113 cm³/mol. The number of fused-ring (bicyclic) bond motifs is 1. The summed E-state index contributed by atoms with van der Waals surface area (Å²) in [4.78, 5) is 25.0. The first-order chi connectivity index (χ1) is 14.8. The Morgan fingerprint density at radius 3 is 2.57 bits per heavy atom. The maximum atomic E-state index is 12.6. The third-order valence-electron chi connectivity index (χ3n) is 4.96. The van der Waals surface area contributed by atoms with Gasteiger partial charge in [0.25, 0.3) is 5.22 Å². The summed E-state index contributed by atoms with van der Waals surface area (Å²) in [7, 11) is 0. The minimum atomic E-state index is 0.0865. The number of carbonyl (C=O) groups is 1. The molecule has 1 aliphatic rings. The zero-order valence-corrected chi connectivity index (χ0v) is 16.9. The van der Waals surface area contributed by atoms with E-state index in [1.54, 1.807) is 12.5 Å². The Balaban J connectivity index is 1.14. The molecule has 0 spiro atoms. The van der Waals surface area contributed by atoms with Crippen LogP contribution < -0.4 is 4.90 Å². The van der Waals surface area contributed by atoms with Crippen LogP contribution in [0.5, 0.6) is 0 Å². The standard InChI is InChI=1S/C20H19N7O2S/c28-19(13-30-20-22-15-3-1-2-4-16(15)29-20)26-11-9-25(10-12-26)17-5-6-18(24-23-17)27-8-7-21-14-27/h1-8,14H,9-13H2. The summed E-state index contributed by atoms with van der Waals surface area (Å²) in [5, 5.41) is 9.11. The fraction of sp³-hybridized carbons (Fsp3) is 0.250. The number of anilines is 1. The van der Waals surface area contributed by atoms with Crippen molar-refractivity contribution in [2.45, 2.75) is 5.22 Å². The highest BCUT2D eigenvalue weighted by molar-refractivity contribution is 7.99. The van der Waals surface area contributed by atoms with Gasteiger partial charge in [-0.3, -0.25) is 9.36 Å². The molecular formula is C20H19N7O2S. The van der Waals surface area contributed by atoms with Gasteiger partial charge in [-0.2, -0.15) is 0 Å². The Labute approximate surface area is 176 Å². The Bertz CT molecular complexity index is 1100. The van der Waals surface area contributed by atoms with E-state index in [1.807, 2.05) is 52.1 Å². The van der Waals surface area contributed by atoms with Crippen LogP contribution in [0.4, 0.5) is 5.82 Å². The lowest BCUT2D eigenvalue weighted by Gasteiger charge is -2.35. The Morgan fingerprint density at radius 1 is 1.03 bits per heavy atom. The lowest BCUT2D eigenvalue weighted by atomic mass is 10.3. The van der Waals surface area contributed by atoms with Gasteiger partial charge in [-0.1, -0.05) is 23.9 Å². The third kappa shape index (κ3) is 3.86. The lowest BCUT2D eigenvalue weighted by molar-refractivity contribution is -0.128. The molecule has 0 aliphatic carbocycles. The molecule has 5 rings (SSSR count). The zero-order valence-electron chi connectivity index (χ0n) is 16.1. The Hall–Kier alpha value is -3.40. The van der Waals surface area contributed by atoms with Crippen molar-refractivity contribution in [3.05, 3.63) is 55.1 Å². The summed E-state index contributed by atoms with van der Waals surface area (Å²) in [5.74, 6) is 1.93. The molecule has 0 unspecified atom stereocenters. The third-order valence-corrected chi connectivity index (χ3v) is 5.77. The minimum absolute atomic E-state index is 0.0865. The number of carbonyl (C=O) groups excluding carboxylic acids is 1. The molecule has 0 radical (unpaired) electrons. The second-order valence-electron chi connectivity index (χ2n) is 6.82. The molecular weight excluding hydrogens is 402 g/mol. The highest BCUT2D eigenvalue weighted by atomic mass is 32.2. The second kappa shape index (κ2) is 8.15. The number of nitrogens with zero attached hydrogens (tertiary/aromatic N) is 7. The zero-order chi connectivity index (χ0) is 20.3. The first-order valence-corrected chi connectivity index (χ1v) is 10.6. The van der Waals surface area contributed by atoms with Crippen molar-refractivity contribution in [1.82, 2.24) is 29.6 Å². The molecule has 0 bridgehead atoms. The van der Waals surface area contributed by atoms with E-state index in [0.29, 0.717) is 24.1 Å². The van der Waals surface area contributed by atoms with Gasteiger partial charge in [-0.25, -0.2) is 9.97 Å². The fourth-order valence-electron chi connectivity index (χ4n) is 3.33. The van der Waals surface area contributed by atoms with E-state index >= 15 is 0 Å². The summed E-state index contributed by atoms with van der Waals surface area (Å²) in [6, 6.07) is 11.5.